The molecule has 1 aromatic heterocycles. The number of hydrogen-bond acceptors (Lipinski definition) is 2. The van der Waals surface area contributed by atoms with Crippen LogP contribution < -0.4 is 0 Å². The fourth-order valence-electron chi connectivity index (χ4n) is 1.13. The van der Waals surface area contributed by atoms with Crippen molar-refractivity contribution in [3.05, 3.63) is 21.9 Å². The number of hydrogen-bond donors (Lipinski definition) is 1. The highest BCUT2D eigenvalue weighted by atomic mass is 32.1. The lowest BCUT2D eigenvalue weighted by atomic mass is 10.1. The fraction of sp³-hybridized carbons (Fsp3) is 0.636. The molecule has 0 saturated carbocycles. The van der Waals surface area contributed by atoms with Gasteiger partial charge in [-0.15, -0.1) is 11.3 Å². The molecule has 0 N–H and O–H groups in total. The average Bonchev–Trinajstić information content (AvgIpc) is 2.52. The van der Waals surface area contributed by atoms with Crippen LogP contribution in [0.15, 0.2) is 12.1 Å². The van der Waals surface area contributed by atoms with Crippen LogP contribution in [-0.4, -0.2) is 0 Å². The summed E-state index contributed by atoms with van der Waals surface area (Å²) in [4.78, 5) is 2.85. The van der Waals surface area contributed by atoms with Crippen LogP contribution in [-0.2, 0) is 4.75 Å². The largest absolute Gasteiger partial charge is 0.167 e. The second-order valence-electron chi connectivity index (χ2n) is 3.98. The molecule has 0 aliphatic heterocycles. The van der Waals surface area contributed by atoms with Gasteiger partial charge in [0.1, 0.15) is 0 Å². The Morgan fingerprint density at radius 2 is 2.08 bits per heavy atom. The van der Waals surface area contributed by atoms with Crippen molar-refractivity contribution >= 4 is 24.0 Å². The summed E-state index contributed by atoms with van der Waals surface area (Å²) in [5, 5.41) is 0. The van der Waals surface area contributed by atoms with E-state index in [0.717, 1.165) is 6.42 Å². The number of rotatable bonds is 3. The summed E-state index contributed by atoms with van der Waals surface area (Å²) in [5.41, 5.74) is 0. The van der Waals surface area contributed by atoms with Gasteiger partial charge in [-0.3, -0.25) is 0 Å². The molecular weight excluding hydrogens is 196 g/mol. The van der Waals surface area contributed by atoms with E-state index in [1.807, 2.05) is 11.3 Å². The van der Waals surface area contributed by atoms with Gasteiger partial charge < -0.3 is 0 Å². The summed E-state index contributed by atoms with van der Waals surface area (Å²) in [6.07, 6.45) is 1.08. The Labute approximate surface area is 90.8 Å². The normalized spacial score (nSPS) is 16.2. The molecule has 0 aromatic carbocycles. The quantitative estimate of drug-likeness (QED) is 0.707. The van der Waals surface area contributed by atoms with Crippen LogP contribution in [0.4, 0.5) is 0 Å². The Hall–Kier alpha value is 0.0500. The lowest BCUT2D eigenvalue weighted by Crippen LogP contribution is -2.09. The standard InChI is InChI=1S/C11H18S2/c1-5-11(4,12)10-7-6-9(13-10)8(2)3/h6-8,12H,5H2,1-4H3. The molecule has 13 heavy (non-hydrogen) atoms. The topological polar surface area (TPSA) is 0 Å². The van der Waals surface area contributed by atoms with Crippen molar-refractivity contribution < 1.29 is 0 Å². The highest BCUT2D eigenvalue weighted by molar-refractivity contribution is 7.81. The first kappa shape index (κ1) is 11.1. The molecule has 1 atom stereocenters. The molecule has 74 valence electrons. The minimum Gasteiger partial charge on any atom is -0.167 e. The van der Waals surface area contributed by atoms with Crippen LogP contribution in [0.3, 0.4) is 0 Å². The zero-order valence-electron chi connectivity index (χ0n) is 8.79. The van der Waals surface area contributed by atoms with E-state index in [2.05, 4.69) is 52.5 Å². The minimum absolute atomic E-state index is 0.0534. The first-order valence-electron chi connectivity index (χ1n) is 4.80. The summed E-state index contributed by atoms with van der Waals surface area (Å²) in [6, 6.07) is 4.45. The van der Waals surface area contributed by atoms with Gasteiger partial charge in [-0.2, -0.15) is 12.6 Å². The van der Waals surface area contributed by atoms with E-state index < -0.39 is 0 Å². The van der Waals surface area contributed by atoms with Crippen LogP contribution in [0.5, 0.6) is 0 Å². The minimum atomic E-state index is 0.0534. The molecular formula is C11H18S2. The lowest BCUT2D eigenvalue weighted by molar-refractivity contribution is 0.685. The van der Waals surface area contributed by atoms with Crippen molar-refractivity contribution in [1.29, 1.82) is 0 Å². The van der Waals surface area contributed by atoms with E-state index in [4.69, 9.17) is 0 Å². The molecule has 0 aliphatic carbocycles. The molecule has 1 rings (SSSR count). The second-order valence-corrected chi connectivity index (χ2v) is 6.09. The van der Waals surface area contributed by atoms with Gasteiger partial charge in [0.15, 0.2) is 0 Å². The molecule has 2 heteroatoms. The summed E-state index contributed by atoms with van der Waals surface area (Å²) in [6.45, 7) is 8.84. The Kier molecular flexibility index (Phi) is 3.47. The van der Waals surface area contributed by atoms with Crippen LogP contribution in [0.25, 0.3) is 0 Å². The Balaban J connectivity index is 2.91. The Morgan fingerprint density at radius 3 is 2.46 bits per heavy atom. The average molecular weight is 214 g/mol. The molecule has 1 aromatic rings. The molecule has 1 unspecified atom stereocenters. The third-order valence-corrected chi connectivity index (χ3v) is 4.77. The fourth-order valence-corrected chi connectivity index (χ4v) is 2.46. The molecule has 1 heterocycles. The smallest absolute Gasteiger partial charge is 0.0441 e. The molecule has 0 radical (unpaired) electrons. The molecule has 0 spiro atoms. The zero-order valence-corrected chi connectivity index (χ0v) is 10.5. The van der Waals surface area contributed by atoms with Crippen molar-refractivity contribution in [3.8, 4) is 0 Å². The molecule has 0 saturated heterocycles. The van der Waals surface area contributed by atoms with Gasteiger partial charge in [0, 0.05) is 14.5 Å². The maximum Gasteiger partial charge on any atom is 0.0441 e. The van der Waals surface area contributed by atoms with E-state index >= 15 is 0 Å². The van der Waals surface area contributed by atoms with Gasteiger partial charge in [0.05, 0.1) is 0 Å². The van der Waals surface area contributed by atoms with Crippen LogP contribution >= 0.6 is 24.0 Å². The maximum atomic E-state index is 4.67. The van der Waals surface area contributed by atoms with Crippen molar-refractivity contribution in [2.45, 2.75) is 44.8 Å². The van der Waals surface area contributed by atoms with Gasteiger partial charge in [0.2, 0.25) is 0 Å². The van der Waals surface area contributed by atoms with Crippen LogP contribution in [0.1, 0.15) is 49.8 Å². The van der Waals surface area contributed by atoms with Crippen LogP contribution in [0, 0.1) is 0 Å². The van der Waals surface area contributed by atoms with Crippen molar-refractivity contribution in [2.75, 3.05) is 0 Å². The Bertz CT molecular complexity index is 271. The van der Waals surface area contributed by atoms with E-state index in [1.54, 1.807) is 0 Å². The summed E-state index contributed by atoms with van der Waals surface area (Å²) >= 11 is 6.56. The Morgan fingerprint density at radius 1 is 1.46 bits per heavy atom. The lowest BCUT2D eigenvalue weighted by Gasteiger charge is -2.19. The summed E-state index contributed by atoms with van der Waals surface area (Å²) < 4.78 is 0.0534. The number of thiophene rings is 1. The predicted octanol–water partition coefficient (Wildman–Crippen LogP) is 4.43. The van der Waals surface area contributed by atoms with Crippen molar-refractivity contribution in [1.82, 2.24) is 0 Å². The van der Waals surface area contributed by atoms with E-state index in [9.17, 15) is 0 Å². The van der Waals surface area contributed by atoms with E-state index in [0.29, 0.717) is 5.92 Å². The summed E-state index contributed by atoms with van der Waals surface area (Å²) in [5.74, 6) is 0.639. The molecule has 0 amide bonds. The number of thiol groups is 1. The molecule has 0 aliphatic rings. The zero-order chi connectivity index (χ0) is 10.1. The third kappa shape index (κ3) is 2.50. The first-order chi connectivity index (χ1) is 5.97. The monoisotopic (exact) mass is 214 g/mol. The highest BCUT2D eigenvalue weighted by Gasteiger charge is 2.21. The van der Waals surface area contributed by atoms with E-state index in [1.165, 1.54) is 9.75 Å². The molecule has 0 bridgehead atoms. The molecule has 0 nitrogen and oxygen atoms in total. The van der Waals surface area contributed by atoms with Gasteiger partial charge in [-0.1, -0.05) is 20.8 Å². The van der Waals surface area contributed by atoms with Crippen molar-refractivity contribution in [3.63, 3.8) is 0 Å². The van der Waals surface area contributed by atoms with E-state index in [-0.39, 0.29) is 4.75 Å². The van der Waals surface area contributed by atoms with Gasteiger partial charge in [-0.25, -0.2) is 0 Å². The van der Waals surface area contributed by atoms with Crippen LogP contribution in [0.2, 0.25) is 0 Å². The maximum absolute atomic E-state index is 4.67. The van der Waals surface area contributed by atoms with Gasteiger partial charge in [0.25, 0.3) is 0 Å². The highest BCUT2D eigenvalue weighted by Crippen LogP contribution is 2.37. The molecule has 0 fully saturated rings. The predicted molar refractivity (Wildman–Crippen MR) is 65.0 cm³/mol. The van der Waals surface area contributed by atoms with Crippen molar-refractivity contribution in [2.24, 2.45) is 0 Å². The first-order valence-corrected chi connectivity index (χ1v) is 6.06. The summed E-state index contributed by atoms with van der Waals surface area (Å²) in [7, 11) is 0. The van der Waals surface area contributed by atoms with Gasteiger partial charge in [-0.05, 0) is 31.4 Å². The SMILES string of the molecule is CCC(C)(S)c1ccc(C(C)C)s1. The third-order valence-electron chi connectivity index (χ3n) is 2.42. The van der Waals surface area contributed by atoms with Gasteiger partial charge >= 0.3 is 0 Å². The second kappa shape index (κ2) is 4.05.